The van der Waals surface area contributed by atoms with E-state index in [0.29, 0.717) is 6.42 Å². The molecule has 4 heteroatoms. The summed E-state index contributed by atoms with van der Waals surface area (Å²) in [5.74, 6) is 0.208. The standard InChI is InChI=1S/C21H20N2OS/c1-15-22-19(14-25-15)17-8-9-20-18(13-17)11-12-23(20)21(24)10-7-16-5-3-2-4-6-16/h2-6,8-9,13-14H,7,10-12H2,1H3. The van der Waals surface area contributed by atoms with Gasteiger partial charge in [-0.3, -0.25) is 4.79 Å². The normalized spacial score (nSPS) is 13.1. The quantitative estimate of drug-likeness (QED) is 0.688. The van der Waals surface area contributed by atoms with Crippen LogP contribution in [-0.4, -0.2) is 17.4 Å². The molecule has 0 saturated heterocycles. The molecule has 3 aromatic rings. The average molecular weight is 348 g/mol. The minimum absolute atomic E-state index is 0.208. The maximum absolute atomic E-state index is 12.7. The van der Waals surface area contributed by atoms with Crippen LogP contribution in [0.25, 0.3) is 11.3 Å². The molecule has 2 heterocycles. The third-order valence-corrected chi connectivity index (χ3v) is 5.43. The zero-order chi connectivity index (χ0) is 17.2. The molecule has 25 heavy (non-hydrogen) atoms. The Morgan fingerprint density at radius 3 is 2.80 bits per heavy atom. The van der Waals surface area contributed by atoms with Crippen LogP contribution in [0.1, 0.15) is 22.6 Å². The maximum atomic E-state index is 12.7. The first-order chi connectivity index (χ1) is 12.2. The van der Waals surface area contributed by atoms with E-state index >= 15 is 0 Å². The predicted molar refractivity (Wildman–Crippen MR) is 103 cm³/mol. The van der Waals surface area contributed by atoms with Crippen molar-refractivity contribution in [1.29, 1.82) is 0 Å². The Kier molecular flexibility index (Phi) is 4.36. The zero-order valence-corrected chi connectivity index (χ0v) is 15.1. The lowest BCUT2D eigenvalue weighted by molar-refractivity contribution is -0.118. The minimum Gasteiger partial charge on any atom is -0.312 e. The molecule has 0 radical (unpaired) electrons. The Morgan fingerprint density at radius 2 is 2.04 bits per heavy atom. The third kappa shape index (κ3) is 3.35. The molecule has 126 valence electrons. The summed E-state index contributed by atoms with van der Waals surface area (Å²) in [6.45, 7) is 2.80. The second-order valence-electron chi connectivity index (χ2n) is 6.38. The number of thiazole rings is 1. The van der Waals surface area contributed by atoms with Gasteiger partial charge in [-0.2, -0.15) is 0 Å². The number of hydrogen-bond acceptors (Lipinski definition) is 3. The van der Waals surface area contributed by atoms with Crippen molar-refractivity contribution in [2.75, 3.05) is 11.4 Å². The van der Waals surface area contributed by atoms with E-state index in [9.17, 15) is 4.79 Å². The summed E-state index contributed by atoms with van der Waals surface area (Å²) in [6, 6.07) is 16.5. The molecule has 0 bridgehead atoms. The monoisotopic (exact) mass is 348 g/mol. The molecule has 0 saturated carbocycles. The van der Waals surface area contributed by atoms with Gasteiger partial charge in [-0.15, -0.1) is 11.3 Å². The van der Waals surface area contributed by atoms with Crippen molar-refractivity contribution in [2.45, 2.75) is 26.2 Å². The lowest BCUT2D eigenvalue weighted by Gasteiger charge is -2.17. The van der Waals surface area contributed by atoms with E-state index in [4.69, 9.17) is 0 Å². The molecule has 1 amide bonds. The van der Waals surface area contributed by atoms with Gasteiger partial charge in [0.1, 0.15) is 0 Å². The summed E-state index contributed by atoms with van der Waals surface area (Å²) in [4.78, 5) is 19.2. The van der Waals surface area contributed by atoms with E-state index in [2.05, 4.69) is 40.7 Å². The largest absolute Gasteiger partial charge is 0.312 e. The number of rotatable bonds is 4. The van der Waals surface area contributed by atoms with E-state index in [1.165, 1.54) is 11.1 Å². The van der Waals surface area contributed by atoms with Crippen molar-refractivity contribution in [3.8, 4) is 11.3 Å². The van der Waals surface area contributed by atoms with Gasteiger partial charge in [-0.05, 0) is 43.0 Å². The Labute approximate surface area is 152 Å². The number of amides is 1. The van der Waals surface area contributed by atoms with Gasteiger partial charge < -0.3 is 4.90 Å². The smallest absolute Gasteiger partial charge is 0.227 e. The fraction of sp³-hybridized carbons (Fsp3) is 0.238. The van der Waals surface area contributed by atoms with Crippen LogP contribution in [0.4, 0.5) is 5.69 Å². The van der Waals surface area contributed by atoms with Crippen LogP contribution in [0.3, 0.4) is 0 Å². The Bertz CT molecular complexity index is 901. The van der Waals surface area contributed by atoms with Crippen molar-refractivity contribution in [3.05, 3.63) is 70.0 Å². The molecule has 0 aliphatic carbocycles. The average Bonchev–Trinajstić information content (AvgIpc) is 3.26. The number of carbonyl (C=O) groups excluding carboxylic acids is 1. The molecule has 2 aromatic carbocycles. The predicted octanol–water partition coefficient (Wildman–Crippen LogP) is 4.64. The van der Waals surface area contributed by atoms with Gasteiger partial charge in [-0.1, -0.05) is 36.4 Å². The van der Waals surface area contributed by atoms with Crippen molar-refractivity contribution < 1.29 is 4.79 Å². The molecular weight excluding hydrogens is 328 g/mol. The molecule has 0 unspecified atom stereocenters. The SMILES string of the molecule is Cc1nc(-c2ccc3c(c2)CCN3C(=O)CCc2ccccc2)cs1. The number of anilines is 1. The fourth-order valence-corrected chi connectivity index (χ4v) is 3.97. The van der Waals surface area contributed by atoms with E-state index in [1.807, 2.05) is 30.0 Å². The molecule has 0 spiro atoms. The fourth-order valence-electron chi connectivity index (χ4n) is 3.35. The number of carbonyl (C=O) groups is 1. The summed E-state index contributed by atoms with van der Waals surface area (Å²) >= 11 is 1.67. The summed E-state index contributed by atoms with van der Waals surface area (Å²) < 4.78 is 0. The molecule has 0 N–H and O–H groups in total. The molecule has 0 fully saturated rings. The highest BCUT2D eigenvalue weighted by molar-refractivity contribution is 7.09. The summed E-state index contributed by atoms with van der Waals surface area (Å²) in [7, 11) is 0. The first kappa shape index (κ1) is 16.0. The van der Waals surface area contributed by atoms with Gasteiger partial charge in [0.15, 0.2) is 0 Å². The number of fused-ring (bicyclic) bond motifs is 1. The lowest BCUT2D eigenvalue weighted by atomic mass is 10.1. The first-order valence-electron chi connectivity index (χ1n) is 8.60. The van der Waals surface area contributed by atoms with E-state index in [1.54, 1.807) is 11.3 Å². The topological polar surface area (TPSA) is 33.2 Å². The van der Waals surface area contributed by atoms with Crippen LogP contribution in [0, 0.1) is 6.92 Å². The van der Waals surface area contributed by atoms with Crippen LogP contribution in [0.5, 0.6) is 0 Å². The highest BCUT2D eigenvalue weighted by atomic mass is 32.1. The zero-order valence-electron chi connectivity index (χ0n) is 14.2. The minimum atomic E-state index is 0.208. The van der Waals surface area contributed by atoms with Gasteiger partial charge in [0.2, 0.25) is 5.91 Å². The molecule has 3 nitrogen and oxygen atoms in total. The van der Waals surface area contributed by atoms with E-state index in [0.717, 1.165) is 41.3 Å². The van der Waals surface area contributed by atoms with Crippen molar-refractivity contribution >= 4 is 22.9 Å². The molecule has 1 aliphatic rings. The van der Waals surface area contributed by atoms with Crippen LogP contribution in [-0.2, 0) is 17.6 Å². The third-order valence-electron chi connectivity index (χ3n) is 4.66. The highest BCUT2D eigenvalue weighted by Gasteiger charge is 2.24. The van der Waals surface area contributed by atoms with Crippen LogP contribution in [0.15, 0.2) is 53.9 Å². The van der Waals surface area contributed by atoms with Gasteiger partial charge in [0, 0.05) is 29.6 Å². The Balaban J connectivity index is 1.49. The van der Waals surface area contributed by atoms with Gasteiger partial charge in [0.25, 0.3) is 0 Å². The van der Waals surface area contributed by atoms with E-state index in [-0.39, 0.29) is 5.91 Å². The maximum Gasteiger partial charge on any atom is 0.227 e. The Hall–Kier alpha value is -2.46. The number of benzene rings is 2. The summed E-state index contributed by atoms with van der Waals surface area (Å²) in [5.41, 5.74) is 5.69. The van der Waals surface area contributed by atoms with E-state index < -0.39 is 0 Å². The number of aryl methyl sites for hydroxylation is 2. The molecule has 1 aliphatic heterocycles. The van der Waals surface area contributed by atoms with Gasteiger partial charge in [0.05, 0.1) is 10.7 Å². The van der Waals surface area contributed by atoms with Crippen molar-refractivity contribution in [2.24, 2.45) is 0 Å². The highest BCUT2D eigenvalue weighted by Crippen LogP contribution is 2.33. The summed E-state index contributed by atoms with van der Waals surface area (Å²) in [5, 5.41) is 3.17. The second-order valence-corrected chi connectivity index (χ2v) is 7.44. The summed E-state index contributed by atoms with van der Waals surface area (Å²) in [6.07, 6.45) is 2.27. The first-order valence-corrected chi connectivity index (χ1v) is 9.48. The molecular formula is C21H20N2OS. The molecule has 1 aromatic heterocycles. The van der Waals surface area contributed by atoms with Gasteiger partial charge >= 0.3 is 0 Å². The number of aromatic nitrogens is 1. The van der Waals surface area contributed by atoms with Crippen molar-refractivity contribution in [3.63, 3.8) is 0 Å². The number of hydrogen-bond donors (Lipinski definition) is 0. The van der Waals surface area contributed by atoms with Crippen molar-refractivity contribution in [1.82, 2.24) is 4.98 Å². The van der Waals surface area contributed by atoms with Crippen LogP contribution >= 0.6 is 11.3 Å². The number of nitrogens with zero attached hydrogens (tertiary/aromatic N) is 2. The van der Waals surface area contributed by atoms with Gasteiger partial charge in [-0.25, -0.2) is 4.98 Å². The second kappa shape index (κ2) is 6.81. The lowest BCUT2D eigenvalue weighted by Crippen LogP contribution is -2.29. The Morgan fingerprint density at radius 1 is 1.20 bits per heavy atom. The molecule has 0 atom stereocenters. The van der Waals surface area contributed by atoms with Crippen LogP contribution in [0.2, 0.25) is 0 Å². The molecule has 4 rings (SSSR count). The van der Waals surface area contributed by atoms with Crippen LogP contribution < -0.4 is 4.90 Å².